The van der Waals surface area contributed by atoms with E-state index in [-0.39, 0.29) is 36.9 Å². The van der Waals surface area contributed by atoms with Gasteiger partial charge in [0.15, 0.2) is 0 Å². The zero-order valence-corrected chi connectivity index (χ0v) is 20.8. The molecule has 0 bridgehead atoms. The van der Waals surface area contributed by atoms with Gasteiger partial charge in [-0.2, -0.15) is 13.2 Å². The molecular weight excluding hydrogens is 501 g/mol. The summed E-state index contributed by atoms with van der Waals surface area (Å²) in [5.74, 6) is -5.24. The number of esters is 3. The van der Waals surface area contributed by atoms with Gasteiger partial charge >= 0.3 is 30.0 Å². The van der Waals surface area contributed by atoms with Gasteiger partial charge < -0.3 is 24.4 Å². The van der Waals surface area contributed by atoms with E-state index in [2.05, 4.69) is 10.1 Å². The Bertz CT molecular complexity index is 993. The van der Waals surface area contributed by atoms with Gasteiger partial charge in [0.25, 0.3) is 5.91 Å². The summed E-state index contributed by atoms with van der Waals surface area (Å²) < 4.78 is 51.8. The average molecular weight is 530 g/mol. The molecule has 0 unspecified atom stereocenters. The van der Waals surface area contributed by atoms with Crippen LogP contribution in [0.5, 0.6) is 0 Å². The number of allylic oxidation sites excluding steroid dienone is 1. The SMILES string of the molecule is COC(=O)CC[C@H](/C=C/CC[C@H](NC(=O)c1ccc(N(C)C(=O)C(F)(F)F)cc1)C(=O)OC)C(=O)OC. The number of halogens is 3. The molecule has 37 heavy (non-hydrogen) atoms. The fourth-order valence-corrected chi connectivity index (χ4v) is 3.12. The predicted octanol–water partition coefficient (Wildman–Crippen LogP) is 2.56. The highest BCUT2D eigenvalue weighted by atomic mass is 19.4. The second-order valence-corrected chi connectivity index (χ2v) is 7.71. The van der Waals surface area contributed by atoms with Crippen molar-refractivity contribution in [1.82, 2.24) is 5.32 Å². The van der Waals surface area contributed by atoms with Crippen molar-refractivity contribution in [1.29, 1.82) is 0 Å². The van der Waals surface area contributed by atoms with Crippen LogP contribution in [0.4, 0.5) is 18.9 Å². The molecule has 0 saturated heterocycles. The van der Waals surface area contributed by atoms with Crippen molar-refractivity contribution in [3.8, 4) is 0 Å². The van der Waals surface area contributed by atoms with E-state index in [0.717, 1.165) is 26.3 Å². The summed E-state index contributed by atoms with van der Waals surface area (Å²) in [6.45, 7) is 0. The van der Waals surface area contributed by atoms with Crippen LogP contribution in [0.25, 0.3) is 0 Å². The van der Waals surface area contributed by atoms with Crippen LogP contribution in [0.3, 0.4) is 0 Å². The van der Waals surface area contributed by atoms with E-state index in [0.29, 0.717) is 4.90 Å². The average Bonchev–Trinajstić information content (AvgIpc) is 2.89. The summed E-state index contributed by atoms with van der Waals surface area (Å²) in [4.78, 5) is 59.8. The van der Waals surface area contributed by atoms with Crippen LogP contribution in [-0.4, -0.2) is 70.3 Å². The number of amides is 2. The molecule has 204 valence electrons. The molecule has 2 atom stereocenters. The van der Waals surface area contributed by atoms with Crippen molar-refractivity contribution in [2.45, 2.75) is 37.9 Å². The topological polar surface area (TPSA) is 128 Å². The molecule has 0 spiro atoms. The Morgan fingerprint density at radius 1 is 0.946 bits per heavy atom. The van der Waals surface area contributed by atoms with Crippen molar-refractivity contribution in [3.63, 3.8) is 0 Å². The Labute approximate surface area is 211 Å². The molecule has 0 aromatic heterocycles. The fraction of sp³-hybridized carbons (Fsp3) is 0.458. The van der Waals surface area contributed by atoms with Gasteiger partial charge in [-0.05, 0) is 43.5 Å². The van der Waals surface area contributed by atoms with Crippen molar-refractivity contribution < 1.29 is 51.4 Å². The van der Waals surface area contributed by atoms with Crippen LogP contribution in [0.2, 0.25) is 0 Å². The largest absolute Gasteiger partial charge is 0.471 e. The number of carbonyl (C=O) groups excluding carboxylic acids is 5. The Hall–Kier alpha value is -3.90. The minimum Gasteiger partial charge on any atom is -0.469 e. The number of ether oxygens (including phenoxy) is 3. The molecule has 0 aliphatic rings. The highest BCUT2D eigenvalue weighted by Gasteiger charge is 2.41. The molecular formula is C24H29F3N2O8. The first-order chi connectivity index (χ1) is 17.3. The second kappa shape index (κ2) is 14.6. The number of hydrogen-bond donors (Lipinski definition) is 1. The smallest absolute Gasteiger partial charge is 0.469 e. The first-order valence-electron chi connectivity index (χ1n) is 11.0. The van der Waals surface area contributed by atoms with Crippen LogP contribution in [0.15, 0.2) is 36.4 Å². The number of rotatable bonds is 12. The number of hydrogen-bond acceptors (Lipinski definition) is 8. The summed E-state index contributed by atoms with van der Waals surface area (Å²) in [6.07, 6.45) is -1.42. The quantitative estimate of drug-likeness (QED) is 0.248. The van der Waals surface area contributed by atoms with E-state index in [1.54, 1.807) is 6.08 Å². The predicted molar refractivity (Wildman–Crippen MR) is 124 cm³/mol. The molecule has 1 rings (SSSR count). The maximum atomic E-state index is 12.6. The minimum atomic E-state index is -5.05. The number of nitrogens with zero attached hydrogens (tertiary/aromatic N) is 1. The van der Waals surface area contributed by atoms with E-state index in [1.807, 2.05) is 0 Å². The Morgan fingerprint density at radius 2 is 1.54 bits per heavy atom. The molecule has 2 amide bonds. The van der Waals surface area contributed by atoms with Crippen LogP contribution >= 0.6 is 0 Å². The molecule has 10 nitrogen and oxygen atoms in total. The van der Waals surface area contributed by atoms with E-state index >= 15 is 0 Å². The molecule has 1 aromatic rings. The highest BCUT2D eigenvalue weighted by molar-refractivity contribution is 5.99. The third-order valence-electron chi connectivity index (χ3n) is 5.24. The first-order valence-corrected chi connectivity index (χ1v) is 11.0. The number of nitrogens with one attached hydrogen (secondary N) is 1. The molecule has 0 radical (unpaired) electrons. The van der Waals surface area contributed by atoms with Gasteiger partial charge in [-0.1, -0.05) is 12.2 Å². The van der Waals surface area contributed by atoms with Crippen LogP contribution in [-0.2, 0) is 33.4 Å². The Morgan fingerprint density at radius 3 is 2.05 bits per heavy atom. The van der Waals surface area contributed by atoms with Gasteiger partial charge in [-0.25, -0.2) is 4.79 Å². The number of methoxy groups -OCH3 is 3. The van der Waals surface area contributed by atoms with E-state index < -0.39 is 47.9 Å². The summed E-state index contributed by atoms with van der Waals surface area (Å²) >= 11 is 0. The molecule has 0 saturated carbocycles. The van der Waals surface area contributed by atoms with Gasteiger partial charge in [0.05, 0.1) is 27.2 Å². The van der Waals surface area contributed by atoms with Gasteiger partial charge in [0.1, 0.15) is 6.04 Å². The lowest BCUT2D eigenvalue weighted by molar-refractivity contribution is -0.170. The number of carbonyl (C=O) groups is 5. The van der Waals surface area contributed by atoms with Crippen molar-refractivity contribution in [2.75, 3.05) is 33.3 Å². The molecule has 1 aromatic carbocycles. The van der Waals surface area contributed by atoms with E-state index in [4.69, 9.17) is 9.47 Å². The van der Waals surface area contributed by atoms with Gasteiger partial charge in [-0.15, -0.1) is 0 Å². The molecule has 0 heterocycles. The summed E-state index contributed by atoms with van der Waals surface area (Å²) in [6, 6.07) is 3.68. The lowest BCUT2D eigenvalue weighted by atomic mass is 10.0. The van der Waals surface area contributed by atoms with Crippen LogP contribution < -0.4 is 10.2 Å². The standard InChI is InChI=1S/C24H29F3N2O8/c1-29(23(34)24(25,26)27)17-12-9-15(10-13-17)20(31)28-18(22(33)37-4)8-6-5-7-16(21(32)36-3)11-14-19(30)35-2/h5,7,9-10,12-13,16,18H,6,8,11,14H2,1-4H3,(H,28,31)/b7-5+/t16-,18-/m0/s1. The number of alkyl halides is 3. The first kappa shape index (κ1) is 31.1. The van der Waals surface area contributed by atoms with Gasteiger partial charge in [0.2, 0.25) is 0 Å². The normalized spacial score (nSPS) is 12.8. The number of anilines is 1. The Kier molecular flexibility index (Phi) is 12.3. The second-order valence-electron chi connectivity index (χ2n) is 7.71. The van der Waals surface area contributed by atoms with Crippen molar-refractivity contribution >= 4 is 35.4 Å². The maximum Gasteiger partial charge on any atom is 0.471 e. The summed E-state index contributed by atoms with van der Waals surface area (Å²) in [7, 11) is 4.53. The van der Waals surface area contributed by atoms with E-state index in [1.165, 1.54) is 32.4 Å². The van der Waals surface area contributed by atoms with Gasteiger partial charge in [0, 0.05) is 24.7 Å². The fourth-order valence-electron chi connectivity index (χ4n) is 3.12. The summed E-state index contributed by atoms with van der Waals surface area (Å²) in [5, 5.41) is 2.49. The molecule has 1 N–H and O–H groups in total. The van der Waals surface area contributed by atoms with Crippen molar-refractivity contribution in [2.24, 2.45) is 5.92 Å². The monoisotopic (exact) mass is 530 g/mol. The zero-order chi connectivity index (χ0) is 28.2. The number of benzene rings is 1. The van der Waals surface area contributed by atoms with Crippen LogP contribution in [0, 0.1) is 5.92 Å². The van der Waals surface area contributed by atoms with Gasteiger partial charge in [-0.3, -0.25) is 19.2 Å². The molecule has 0 aliphatic carbocycles. The third-order valence-corrected chi connectivity index (χ3v) is 5.24. The third kappa shape index (κ3) is 9.94. The Balaban J connectivity index is 2.83. The zero-order valence-electron chi connectivity index (χ0n) is 20.8. The van der Waals surface area contributed by atoms with E-state index in [9.17, 15) is 37.1 Å². The lowest BCUT2D eigenvalue weighted by Gasteiger charge is -2.19. The lowest BCUT2D eigenvalue weighted by Crippen LogP contribution is -2.41. The molecule has 13 heteroatoms. The molecule has 0 aliphatic heterocycles. The molecule has 0 fully saturated rings. The highest BCUT2D eigenvalue weighted by Crippen LogP contribution is 2.23. The van der Waals surface area contributed by atoms with Crippen molar-refractivity contribution in [3.05, 3.63) is 42.0 Å². The maximum absolute atomic E-state index is 12.6. The summed E-state index contributed by atoms with van der Waals surface area (Å²) in [5.41, 5.74) is -0.0458. The minimum absolute atomic E-state index is 0.000393. The van der Waals surface area contributed by atoms with Crippen LogP contribution in [0.1, 0.15) is 36.0 Å².